The molecule has 0 saturated heterocycles. The summed E-state index contributed by atoms with van der Waals surface area (Å²) in [6, 6.07) is 5.51. The van der Waals surface area contributed by atoms with Gasteiger partial charge in [0.05, 0.1) is 16.2 Å². The van der Waals surface area contributed by atoms with E-state index in [1.165, 1.54) is 24.3 Å². The molecule has 1 N–H and O–H groups in total. The molecule has 20 heavy (non-hydrogen) atoms. The Hall–Kier alpha value is -1.01. The maximum absolute atomic E-state index is 12.1. The number of rotatable bonds is 8. The molecule has 0 heterocycles. The molecule has 0 radical (unpaired) electrons. The molecule has 4 nitrogen and oxygen atoms in total. The third-order valence-corrected chi connectivity index (χ3v) is 6.31. The Kier molecular flexibility index (Phi) is 6.55. The third kappa shape index (κ3) is 5.17. The van der Waals surface area contributed by atoms with Gasteiger partial charge in [-0.2, -0.15) is 11.8 Å². The summed E-state index contributed by atoms with van der Waals surface area (Å²) in [5.41, 5.74) is -0.00154. The first-order valence-corrected chi connectivity index (χ1v) is 9.31. The van der Waals surface area contributed by atoms with Crippen molar-refractivity contribution in [2.24, 2.45) is 5.92 Å². The van der Waals surface area contributed by atoms with E-state index in [0.717, 1.165) is 12.2 Å². The minimum absolute atomic E-state index is 0.00154. The van der Waals surface area contributed by atoms with Crippen molar-refractivity contribution in [3.8, 4) is 0 Å². The van der Waals surface area contributed by atoms with Crippen molar-refractivity contribution >= 4 is 27.6 Å². The molecule has 1 rings (SSSR count). The highest BCUT2D eigenvalue weighted by Crippen LogP contribution is 2.17. The van der Waals surface area contributed by atoms with Gasteiger partial charge in [0.25, 0.3) is 0 Å². The monoisotopic (exact) mass is 316 g/mol. The molecule has 1 atom stereocenters. The van der Waals surface area contributed by atoms with Crippen LogP contribution < -0.4 is 0 Å². The lowest BCUT2D eigenvalue weighted by molar-refractivity contribution is 0.0696. The average Bonchev–Trinajstić information content (AvgIpc) is 2.43. The van der Waals surface area contributed by atoms with Crippen LogP contribution in [-0.2, 0) is 9.84 Å². The Balaban J connectivity index is 2.65. The maximum Gasteiger partial charge on any atom is 0.335 e. The Morgan fingerprint density at radius 1 is 1.40 bits per heavy atom. The van der Waals surface area contributed by atoms with Crippen molar-refractivity contribution in [2.45, 2.75) is 25.2 Å². The van der Waals surface area contributed by atoms with Gasteiger partial charge in [0.2, 0.25) is 0 Å². The first kappa shape index (κ1) is 17.0. The summed E-state index contributed by atoms with van der Waals surface area (Å²) >= 11 is 1.62. The molecular weight excluding hydrogens is 296 g/mol. The Bertz CT molecular complexity index is 552. The zero-order chi connectivity index (χ0) is 15.2. The number of thioether (sulfide) groups is 1. The molecule has 0 fully saturated rings. The summed E-state index contributed by atoms with van der Waals surface area (Å²) in [7, 11) is -3.41. The highest BCUT2D eigenvalue weighted by Gasteiger charge is 2.16. The zero-order valence-electron chi connectivity index (χ0n) is 11.7. The SMILES string of the molecule is CCC(C)CSCCS(=O)(=O)c1cccc(C(=O)O)c1. The van der Waals surface area contributed by atoms with E-state index in [4.69, 9.17) is 5.11 Å². The fraction of sp³-hybridized carbons (Fsp3) is 0.500. The van der Waals surface area contributed by atoms with E-state index in [9.17, 15) is 13.2 Å². The number of carboxylic acid groups (broad SMARTS) is 1. The van der Waals surface area contributed by atoms with Gasteiger partial charge in [0.15, 0.2) is 9.84 Å². The van der Waals surface area contributed by atoms with Crippen LogP contribution in [0.25, 0.3) is 0 Å². The number of sulfone groups is 1. The number of aromatic carboxylic acids is 1. The molecule has 6 heteroatoms. The molecule has 0 amide bonds. The van der Waals surface area contributed by atoms with Gasteiger partial charge in [-0.1, -0.05) is 26.3 Å². The van der Waals surface area contributed by atoms with Crippen molar-refractivity contribution < 1.29 is 18.3 Å². The quantitative estimate of drug-likeness (QED) is 0.747. The van der Waals surface area contributed by atoms with Crippen LogP contribution in [0.4, 0.5) is 0 Å². The van der Waals surface area contributed by atoms with Crippen molar-refractivity contribution in [1.29, 1.82) is 0 Å². The van der Waals surface area contributed by atoms with Crippen LogP contribution in [0.1, 0.15) is 30.6 Å². The average molecular weight is 316 g/mol. The molecule has 1 unspecified atom stereocenters. The number of carbonyl (C=O) groups is 1. The fourth-order valence-corrected chi connectivity index (χ4v) is 4.49. The van der Waals surface area contributed by atoms with Gasteiger partial charge < -0.3 is 5.11 Å². The maximum atomic E-state index is 12.1. The highest BCUT2D eigenvalue weighted by molar-refractivity contribution is 8.00. The van der Waals surface area contributed by atoms with E-state index >= 15 is 0 Å². The molecule has 0 bridgehead atoms. The first-order valence-electron chi connectivity index (χ1n) is 6.50. The predicted molar refractivity (Wildman–Crippen MR) is 82.2 cm³/mol. The lowest BCUT2D eigenvalue weighted by Gasteiger charge is -2.08. The van der Waals surface area contributed by atoms with E-state index in [1.54, 1.807) is 11.8 Å². The van der Waals surface area contributed by atoms with Gasteiger partial charge in [0.1, 0.15) is 0 Å². The lowest BCUT2D eigenvalue weighted by Crippen LogP contribution is -2.11. The van der Waals surface area contributed by atoms with Crippen LogP contribution >= 0.6 is 11.8 Å². The minimum Gasteiger partial charge on any atom is -0.478 e. The molecule has 0 aliphatic heterocycles. The summed E-state index contributed by atoms with van der Waals surface area (Å²) in [4.78, 5) is 10.9. The van der Waals surface area contributed by atoms with E-state index < -0.39 is 15.8 Å². The smallest absolute Gasteiger partial charge is 0.335 e. The second-order valence-corrected chi connectivity index (χ2v) is 8.00. The Morgan fingerprint density at radius 2 is 2.10 bits per heavy atom. The molecular formula is C14H20O4S2. The molecule has 112 valence electrons. The van der Waals surface area contributed by atoms with Gasteiger partial charge in [-0.15, -0.1) is 0 Å². The predicted octanol–water partition coefficient (Wildman–Crippen LogP) is 2.94. The van der Waals surface area contributed by atoms with Crippen molar-refractivity contribution in [2.75, 3.05) is 17.3 Å². The number of benzene rings is 1. The molecule has 0 spiro atoms. The summed E-state index contributed by atoms with van der Waals surface area (Å²) in [6.45, 7) is 4.25. The van der Waals surface area contributed by atoms with Crippen LogP contribution in [0.3, 0.4) is 0 Å². The first-order chi connectivity index (χ1) is 9.36. The summed E-state index contributed by atoms with van der Waals surface area (Å²) in [5, 5.41) is 8.88. The number of hydrogen-bond acceptors (Lipinski definition) is 4. The fourth-order valence-electron chi connectivity index (χ4n) is 1.51. The second kappa shape index (κ2) is 7.69. The van der Waals surface area contributed by atoms with Crippen LogP contribution in [-0.4, -0.2) is 36.8 Å². The van der Waals surface area contributed by atoms with Crippen molar-refractivity contribution in [1.82, 2.24) is 0 Å². The highest BCUT2D eigenvalue weighted by atomic mass is 32.2. The van der Waals surface area contributed by atoms with Crippen LogP contribution in [0, 0.1) is 5.92 Å². The van der Waals surface area contributed by atoms with Gasteiger partial charge in [-0.05, 0) is 29.9 Å². The van der Waals surface area contributed by atoms with Crippen LogP contribution in [0.15, 0.2) is 29.2 Å². The molecule has 0 aliphatic rings. The largest absolute Gasteiger partial charge is 0.478 e. The zero-order valence-corrected chi connectivity index (χ0v) is 13.3. The third-order valence-electron chi connectivity index (χ3n) is 3.04. The topological polar surface area (TPSA) is 71.4 Å². The molecule has 0 aromatic heterocycles. The molecule has 1 aromatic rings. The lowest BCUT2D eigenvalue weighted by atomic mass is 10.2. The van der Waals surface area contributed by atoms with Gasteiger partial charge in [-0.3, -0.25) is 0 Å². The van der Waals surface area contributed by atoms with E-state index in [-0.39, 0.29) is 16.2 Å². The summed E-state index contributed by atoms with van der Waals surface area (Å²) in [6.07, 6.45) is 1.08. The molecule has 0 aliphatic carbocycles. The van der Waals surface area contributed by atoms with Crippen molar-refractivity contribution in [3.63, 3.8) is 0 Å². The summed E-state index contributed by atoms with van der Waals surface area (Å²) < 4.78 is 24.2. The van der Waals surface area contributed by atoms with Gasteiger partial charge in [-0.25, -0.2) is 13.2 Å². The van der Waals surface area contributed by atoms with Crippen LogP contribution in [0.2, 0.25) is 0 Å². The van der Waals surface area contributed by atoms with Gasteiger partial charge >= 0.3 is 5.97 Å². The Labute approximate surface area is 124 Å². The number of hydrogen-bond donors (Lipinski definition) is 1. The van der Waals surface area contributed by atoms with Crippen molar-refractivity contribution in [3.05, 3.63) is 29.8 Å². The van der Waals surface area contributed by atoms with Crippen LogP contribution in [0.5, 0.6) is 0 Å². The van der Waals surface area contributed by atoms with E-state index in [0.29, 0.717) is 11.7 Å². The minimum atomic E-state index is -3.41. The number of carboxylic acids is 1. The summed E-state index contributed by atoms with van der Waals surface area (Å²) in [5.74, 6) is 0.980. The van der Waals surface area contributed by atoms with E-state index in [1.807, 2.05) is 0 Å². The standard InChI is InChI=1S/C14H20O4S2/c1-3-11(2)10-19-7-8-20(17,18)13-6-4-5-12(9-13)14(15)16/h4-6,9,11H,3,7-8,10H2,1-2H3,(H,15,16). The Morgan fingerprint density at radius 3 is 2.70 bits per heavy atom. The normalized spacial score (nSPS) is 13.1. The molecule has 0 saturated carbocycles. The molecule has 1 aromatic carbocycles. The van der Waals surface area contributed by atoms with Gasteiger partial charge in [0, 0.05) is 5.75 Å². The second-order valence-electron chi connectivity index (χ2n) is 4.74. The van der Waals surface area contributed by atoms with E-state index in [2.05, 4.69) is 13.8 Å².